The van der Waals surface area contributed by atoms with E-state index >= 15 is 0 Å². The largest absolute Gasteiger partial charge is 0.339 e. The van der Waals surface area contributed by atoms with Crippen molar-refractivity contribution in [3.63, 3.8) is 0 Å². The smallest absolute Gasteiger partial charge is 0.223 e. The minimum atomic E-state index is 0. The normalized spacial score (nSPS) is 28.4. The fraction of sp³-hybridized carbons (Fsp3) is 0.947. The predicted molar refractivity (Wildman–Crippen MR) is 97.9 cm³/mol. The fourth-order valence-electron chi connectivity index (χ4n) is 5.08. The molecule has 3 rings (SSSR count). The van der Waals surface area contributed by atoms with Gasteiger partial charge in [-0.15, -0.1) is 12.4 Å². The molecule has 3 aliphatic rings. The Bertz CT molecular complexity index is 364. The Kier molecular flexibility index (Phi) is 7.68. The number of nitrogens with one attached hydrogen (secondary N) is 1. The zero-order valence-electron chi connectivity index (χ0n) is 14.8. The van der Waals surface area contributed by atoms with Crippen LogP contribution in [0.3, 0.4) is 0 Å². The standard InChI is InChI=1S/C19H34N2O.ClH/c1-15(16-9-11-20-12-10-16)14-19(22)21-13-5-8-18(21)17-6-3-2-4-7-17;/h15-18,20H,2-14H2,1H3;1H. The van der Waals surface area contributed by atoms with E-state index in [0.29, 0.717) is 17.9 Å². The van der Waals surface area contributed by atoms with Gasteiger partial charge in [0.2, 0.25) is 5.91 Å². The van der Waals surface area contributed by atoms with Crippen LogP contribution in [0.2, 0.25) is 0 Å². The van der Waals surface area contributed by atoms with Crippen molar-refractivity contribution in [3.05, 3.63) is 0 Å². The first-order valence-corrected chi connectivity index (χ1v) is 9.76. The highest BCUT2D eigenvalue weighted by molar-refractivity contribution is 5.85. The first-order valence-electron chi connectivity index (χ1n) is 9.76. The maximum Gasteiger partial charge on any atom is 0.223 e. The number of likely N-dealkylation sites (tertiary alicyclic amines) is 1. The third-order valence-corrected chi connectivity index (χ3v) is 6.50. The lowest BCUT2D eigenvalue weighted by atomic mass is 9.82. The van der Waals surface area contributed by atoms with E-state index in [9.17, 15) is 4.79 Å². The molecule has 0 bridgehead atoms. The second-order valence-corrected chi connectivity index (χ2v) is 7.96. The summed E-state index contributed by atoms with van der Waals surface area (Å²) in [5, 5.41) is 3.43. The molecule has 2 atom stereocenters. The number of nitrogens with zero attached hydrogens (tertiary/aromatic N) is 1. The van der Waals surface area contributed by atoms with E-state index < -0.39 is 0 Å². The van der Waals surface area contributed by atoms with Gasteiger partial charge in [0.15, 0.2) is 0 Å². The highest BCUT2D eigenvalue weighted by Crippen LogP contribution is 2.35. The van der Waals surface area contributed by atoms with E-state index in [2.05, 4.69) is 17.1 Å². The number of rotatable bonds is 4. The Balaban J connectivity index is 0.00000192. The van der Waals surface area contributed by atoms with E-state index in [1.54, 1.807) is 0 Å². The summed E-state index contributed by atoms with van der Waals surface area (Å²) in [5.41, 5.74) is 0. The zero-order chi connectivity index (χ0) is 15.4. The third-order valence-electron chi connectivity index (χ3n) is 6.50. The molecule has 3 nitrogen and oxygen atoms in total. The van der Waals surface area contributed by atoms with Gasteiger partial charge in [-0.3, -0.25) is 4.79 Å². The molecular formula is C19H35ClN2O. The monoisotopic (exact) mass is 342 g/mol. The van der Waals surface area contributed by atoms with E-state index in [0.717, 1.165) is 37.9 Å². The number of hydrogen-bond acceptors (Lipinski definition) is 2. The Hall–Kier alpha value is -0.280. The van der Waals surface area contributed by atoms with Crippen molar-refractivity contribution in [1.29, 1.82) is 0 Å². The molecule has 1 amide bonds. The van der Waals surface area contributed by atoms with Gasteiger partial charge in [-0.1, -0.05) is 26.2 Å². The molecule has 1 saturated carbocycles. The highest BCUT2D eigenvalue weighted by atomic mass is 35.5. The molecule has 23 heavy (non-hydrogen) atoms. The Morgan fingerprint density at radius 3 is 2.43 bits per heavy atom. The number of piperidine rings is 1. The molecule has 0 spiro atoms. The molecule has 2 heterocycles. The molecule has 134 valence electrons. The van der Waals surface area contributed by atoms with Crippen LogP contribution < -0.4 is 5.32 Å². The van der Waals surface area contributed by atoms with Gasteiger partial charge < -0.3 is 10.2 Å². The van der Waals surface area contributed by atoms with Crippen molar-refractivity contribution in [2.45, 2.75) is 77.2 Å². The summed E-state index contributed by atoms with van der Waals surface area (Å²) in [4.78, 5) is 15.1. The number of carbonyl (C=O) groups is 1. The molecule has 2 aliphatic heterocycles. The first-order chi connectivity index (χ1) is 10.8. The molecule has 1 N–H and O–H groups in total. The second-order valence-electron chi connectivity index (χ2n) is 7.96. The van der Waals surface area contributed by atoms with Crippen LogP contribution in [0, 0.1) is 17.8 Å². The summed E-state index contributed by atoms with van der Waals surface area (Å²) in [6, 6.07) is 0.577. The molecule has 0 radical (unpaired) electrons. The predicted octanol–water partition coefficient (Wildman–Crippen LogP) is 4.01. The Morgan fingerprint density at radius 2 is 1.74 bits per heavy atom. The third kappa shape index (κ3) is 4.85. The Morgan fingerprint density at radius 1 is 1.04 bits per heavy atom. The summed E-state index contributed by atoms with van der Waals surface area (Å²) in [5.74, 6) is 2.57. The van der Waals surface area contributed by atoms with Gasteiger partial charge in [-0.2, -0.15) is 0 Å². The SMILES string of the molecule is CC(CC(=O)N1CCCC1C1CCCCC1)C1CCNCC1.Cl. The number of hydrogen-bond donors (Lipinski definition) is 1. The van der Waals surface area contributed by atoms with Crippen LogP contribution in [0.1, 0.15) is 71.1 Å². The number of carbonyl (C=O) groups excluding carboxylic acids is 1. The van der Waals surface area contributed by atoms with Gasteiger partial charge in [0, 0.05) is 19.0 Å². The maximum absolute atomic E-state index is 12.9. The van der Waals surface area contributed by atoms with Gasteiger partial charge in [-0.05, 0) is 69.4 Å². The van der Waals surface area contributed by atoms with Crippen LogP contribution in [0.25, 0.3) is 0 Å². The van der Waals surface area contributed by atoms with Gasteiger partial charge in [0.05, 0.1) is 0 Å². The first kappa shape index (κ1) is 19.1. The lowest BCUT2D eigenvalue weighted by Gasteiger charge is -2.35. The zero-order valence-corrected chi connectivity index (χ0v) is 15.6. The van der Waals surface area contributed by atoms with Gasteiger partial charge in [-0.25, -0.2) is 0 Å². The van der Waals surface area contributed by atoms with Gasteiger partial charge in [0.1, 0.15) is 0 Å². The summed E-state index contributed by atoms with van der Waals surface area (Å²) in [6.45, 7) is 5.60. The average molecular weight is 343 g/mol. The molecule has 2 saturated heterocycles. The van der Waals surface area contributed by atoms with E-state index in [4.69, 9.17) is 0 Å². The van der Waals surface area contributed by atoms with Crippen molar-refractivity contribution in [2.24, 2.45) is 17.8 Å². The molecule has 4 heteroatoms. The lowest BCUT2D eigenvalue weighted by molar-refractivity contribution is -0.134. The summed E-state index contributed by atoms with van der Waals surface area (Å²) in [6.07, 6.45) is 12.7. The maximum atomic E-state index is 12.9. The van der Waals surface area contributed by atoms with Gasteiger partial charge in [0.25, 0.3) is 0 Å². The van der Waals surface area contributed by atoms with E-state index in [1.807, 2.05) is 0 Å². The molecular weight excluding hydrogens is 308 g/mol. The highest BCUT2D eigenvalue weighted by Gasteiger charge is 2.35. The van der Waals surface area contributed by atoms with Crippen LogP contribution in [0.4, 0.5) is 0 Å². The molecule has 3 fully saturated rings. The van der Waals surface area contributed by atoms with Crippen molar-refractivity contribution in [3.8, 4) is 0 Å². The topological polar surface area (TPSA) is 32.3 Å². The quantitative estimate of drug-likeness (QED) is 0.837. The van der Waals surface area contributed by atoms with Crippen molar-refractivity contribution < 1.29 is 4.79 Å². The molecule has 0 aromatic rings. The average Bonchev–Trinajstić information content (AvgIpc) is 3.06. The van der Waals surface area contributed by atoms with Crippen molar-refractivity contribution >= 4 is 18.3 Å². The lowest BCUT2D eigenvalue weighted by Crippen LogP contribution is -2.42. The molecule has 0 aromatic heterocycles. The summed E-state index contributed by atoms with van der Waals surface area (Å²) >= 11 is 0. The van der Waals surface area contributed by atoms with Crippen LogP contribution in [-0.2, 0) is 4.79 Å². The molecule has 0 aromatic carbocycles. The van der Waals surface area contributed by atoms with Crippen LogP contribution in [0.5, 0.6) is 0 Å². The van der Waals surface area contributed by atoms with Crippen LogP contribution in [0.15, 0.2) is 0 Å². The van der Waals surface area contributed by atoms with Crippen LogP contribution in [-0.4, -0.2) is 36.5 Å². The van der Waals surface area contributed by atoms with Crippen LogP contribution >= 0.6 is 12.4 Å². The van der Waals surface area contributed by atoms with Crippen molar-refractivity contribution in [1.82, 2.24) is 10.2 Å². The Labute approximate surface area is 148 Å². The number of halogens is 1. The fourth-order valence-corrected chi connectivity index (χ4v) is 5.08. The van der Waals surface area contributed by atoms with E-state index in [-0.39, 0.29) is 12.4 Å². The summed E-state index contributed by atoms with van der Waals surface area (Å²) < 4.78 is 0. The molecule has 2 unspecified atom stereocenters. The summed E-state index contributed by atoms with van der Waals surface area (Å²) in [7, 11) is 0. The van der Waals surface area contributed by atoms with Gasteiger partial charge >= 0.3 is 0 Å². The van der Waals surface area contributed by atoms with E-state index in [1.165, 1.54) is 57.8 Å². The van der Waals surface area contributed by atoms with Crippen molar-refractivity contribution in [2.75, 3.05) is 19.6 Å². The minimum absolute atomic E-state index is 0. The minimum Gasteiger partial charge on any atom is -0.339 e. The number of amides is 1. The second kappa shape index (κ2) is 9.27. The molecule has 1 aliphatic carbocycles.